The van der Waals surface area contributed by atoms with Crippen LogP contribution < -0.4 is 10.5 Å². The molecular formula is C17H13F2N3O2. The molecule has 0 saturated carbocycles. The van der Waals surface area contributed by atoms with Crippen LogP contribution >= 0.6 is 0 Å². The van der Waals surface area contributed by atoms with Crippen LogP contribution in [0.1, 0.15) is 11.1 Å². The van der Waals surface area contributed by atoms with E-state index in [0.29, 0.717) is 27.9 Å². The Balaban J connectivity index is 1.75. The van der Waals surface area contributed by atoms with E-state index in [1.54, 1.807) is 18.3 Å². The number of amides is 1. The topological polar surface area (TPSA) is 78.1 Å². The molecule has 0 atom stereocenters. The quantitative estimate of drug-likeness (QED) is 0.780. The highest BCUT2D eigenvalue weighted by Gasteiger charge is 2.06. The number of nitrogens with two attached hydrogens (primary N) is 1. The highest BCUT2D eigenvalue weighted by Crippen LogP contribution is 2.19. The first-order chi connectivity index (χ1) is 11.5. The molecule has 3 aromatic rings. The highest BCUT2D eigenvalue weighted by molar-refractivity contribution is 5.80. The fraction of sp³-hybridized carbons (Fsp3) is 0.118. The first-order valence-corrected chi connectivity index (χ1v) is 7.11. The summed E-state index contributed by atoms with van der Waals surface area (Å²) in [4.78, 5) is 19.4. The maximum atomic E-state index is 13.2. The molecule has 2 heterocycles. The molecule has 0 aliphatic heterocycles. The average Bonchev–Trinajstić information content (AvgIpc) is 2.55. The smallest absolute Gasteiger partial charge is 0.221 e. The fourth-order valence-electron chi connectivity index (χ4n) is 2.20. The zero-order chi connectivity index (χ0) is 17.1. The first kappa shape index (κ1) is 15.8. The Morgan fingerprint density at radius 1 is 1.00 bits per heavy atom. The number of halogens is 2. The van der Waals surface area contributed by atoms with Crippen molar-refractivity contribution in [1.29, 1.82) is 0 Å². The first-order valence-electron chi connectivity index (χ1n) is 7.11. The number of carbonyl (C=O) groups is 1. The summed E-state index contributed by atoms with van der Waals surface area (Å²) < 4.78 is 31.6. The van der Waals surface area contributed by atoms with Gasteiger partial charge in [-0.15, -0.1) is 0 Å². The summed E-state index contributed by atoms with van der Waals surface area (Å²) in [6, 6.07) is 6.98. The van der Waals surface area contributed by atoms with Gasteiger partial charge in [0.15, 0.2) is 11.6 Å². The molecule has 0 aliphatic rings. The lowest BCUT2D eigenvalue weighted by atomic mass is 10.2. The number of rotatable bonds is 5. The van der Waals surface area contributed by atoms with E-state index in [9.17, 15) is 13.6 Å². The minimum atomic E-state index is -0.920. The Bertz CT molecular complexity index is 915. The van der Waals surface area contributed by atoms with E-state index < -0.39 is 17.5 Å². The maximum absolute atomic E-state index is 13.2. The summed E-state index contributed by atoms with van der Waals surface area (Å²) in [6.45, 7) is 0.0736. The number of primary amides is 1. The molecule has 0 spiro atoms. The van der Waals surface area contributed by atoms with E-state index in [4.69, 9.17) is 10.5 Å². The SMILES string of the molecule is NC(=O)Cc1cnc2cc(OCc3ccc(F)c(F)c3)cnc2c1. The Hall–Kier alpha value is -3.09. The van der Waals surface area contributed by atoms with Gasteiger partial charge in [0.2, 0.25) is 5.91 Å². The lowest BCUT2D eigenvalue weighted by Gasteiger charge is -2.07. The van der Waals surface area contributed by atoms with Crippen molar-refractivity contribution in [3.63, 3.8) is 0 Å². The van der Waals surface area contributed by atoms with Crippen molar-refractivity contribution in [2.24, 2.45) is 5.73 Å². The average molecular weight is 329 g/mol. The van der Waals surface area contributed by atoms with Gasteiger partial charge in [-0.3, -0.25) is 14.8 Å². The number of carbonyl (C=O) groups excluding carboxylic acids is 1. The molecule has 1 amide bonds. The molecule has 24 heavy (non-hydrogen) atoms. The number of fused-ring (bicyclic) bond motifs is 1. The second-order valence-corrected chi connectivity index (χ2v) is 5.23. The van der Waals surface area contributed by atoms with Crippen molar-refractivity contribution < 1.29 is 18.3 Å². The van der Waals surface area contributed by atoms with E-state index in [1.165, 1.54) is 12.3 Å². The summed E-state index contributed by atoms with van der Waals surface area (Å²) in [5, 5.41) is 0. The standard InChI is InChI=1S/C17H13F2N3O2/c18-13-2-1-10(3-14(13)19)9-24-12-6-16-15(22-8-12)4-11(7-21-16)5-17(20)23/h1-4,6-8H,5,9H2,(H2,20,23). The second-order valence-electron chi connectivity index (χ2n) is 5.23. The van der Waals surface area contributed by atoms with Crippen LogP contribution in [0.2, 0.25) is 0 Å². The molecule has 2 N–H and O–H groups in total. The minimum Gasteiger partial charge on any atom is -0.487 e. The van der Waals surface area contributed by atoms with Gasteiger partial charge in [0, 0.05) is 12.3 Å². The summed E-state index contributed by atoms with van der Waals surface area (Å²) in [5.41, 5.74) is 7.52. The van der Waals surface area contributed by atoms with Gasteiger partial charge in [-0.05, 0) is 29.3 Å². The van der Waals surface area contributed by atoms with Gasteiger partial charge in [-0.25, -0.2) is 8.78 Å². The number of aromatic nitrogens is 2. The summed E-state index contributed by atoms with van der Waals surface area (Å²) in [5.74, 6) is -1.82. The molecule has 2 aromatic heterocycles. The Kier molecular flexibility index (Phi) is 4.33. The largest absolute Gasteiger partial charge is 0.487 e. The molecule has 7 heteroatoms. The van der Waals surface area contributed by atoms with Gasteiger partial charge in [-0.2, -0.15) is 0 Å². The number of hydrogen-bond acceptors (Lipinski definition) is 4. The molecular weight excluding hydrogens is 316 g/mol. The van der Waals surface area contributed by atoms with E-state index in [0.717, 1.165) is 12.1 Å². The van der Waals surface area contributed by atoms with Gasteiger partial charge in [-0.1, -0.05) is 6.07 Å². The number of ether oxygens (including phenoxy) is 1. The summed E-state index contributed by atoms with van der Waals surface area (Å²) in [6.07, 6.45) is 3.14. The van der Waals surface area contributed by atoms with Crippen LogP contribution in [-0.2, 0) is 17.8 Å². The molecule has 0 fully saturated rings. The molecule has 1 aromatic carbocycles. The third kappa shape index (κ3) is 3.62. The molecule has 0 unspecified atom stereocenters. The summed E-state index contributed by atoms with van der Waals surface area (Å²) in [7, 11) is 0. The van der Waals surface area contributed by atoms with Crippen molar-refractivity contribution in [3.05, 3.63) is 65.5 Å². The van der Waals surface area contributed by atoms with Crippen molar-refractivity contribution in [2.75, 3.05) is 0 Å². The zero-order valence-corrected chi connectivity index (χ0v) is 12.5. The van der Waals surface area contributed by atoms with E-state index >= 15 is 0 Å². The molecule has 0 aliphatic carbocycles. The number of benzene rings is 1. The van der Waals surface area contributed by atoms with Crippen molar-refractivity contribution in [2.45, 2.75) is 13.0 Å². The van der Waals surface area contributed by atoms with Gasteiger partial charge in [0.1, 0.15) is 12.4 Å². The molecule has 3 rings (SSSR count). The maximum Gasteiger partial charge on any atom is 0.221 e. The normalized spacial score (nSPS) is 10.8. The number of hydrogen-bond donors (Lipinski definition) is 1. The van der Waals surface area contributed by atoms with Gasteiger partial charge >= 0.3 is 0 Å². The predicted molar refractivity (Wildman–Crippen MR) is 83.1 cm³/mol. The number of pyridine rings is 2. The van der Waals surface area contributed by atoms with Crippen LogP contribution in [-0.4, -0.2) is 15.9 Å². The number of nitrogens with zero attached hydrogens (tertiary/aromatic N) is 2. The van der Waals surface area contributed by atoms with Crippen LogP contribution in [0.4, 0.5) is 8.78 Å². The monoisotopic (exact) mass is 329 g/mol. The lowest BCUT2D eigenvalue weighted by molar-refractivity contribution is -0.117. The fourth-order valence-corrected chi connectivity index (χ4v) is 2.20. The van der Waals surface area contributed by atoms with Crippen molar-refractivity contribution in [3.8, 4) is 5.75 Å². The molecule has 5 nitrogen and oxygen atoms in total. The van der Waals surface area contributed by atoms with Gasteiger partial charge in [0.25, 0.3) is 0 Å². The van der Waals surface area contributed by atoms with E-state index in [1.807, 2.05) is 0 Å². The van der Waals surface area contributed by atoms with Crippen LogP contribution in [0.25, 0.3) is 11.0 Å². The highest BCUT2D eigenvalue weighted by atomic mass is 19.2. The molecule has 0 saturated heterocycles. The van der Waals surface area contributed by atoms with Gasteiger partial charge in [0.05, 0.1) is 23.7 Å². The second kappa shape index (κ2) is 6.57. The molecule has 122 valence electrons. The zero-order valence-electron chi connectivity index (χ0n) is 12.5. The van der Waals surface area contributed by atoms with Crippen LogP contribution in [0, 0.1) is 11.6 Å². The van der Waals surface area contributed by atoms with E-state index in [2.05, 4.69) is 9.97 Å². The predicted octanol–water partition coefficient (Wildman–Crippen LogP) is 2.51. The van der Waals surface area contributed by atoms with E-state index in [-0.39, 0.29) is 13.0 Å². The Labute approximate surface area is 136 Å². The van der Waals surface area contributed by atoms with Crippen molar-refractivity contribution >= 4 is 16.9 Å². The van der Waals surface area contributed by atoms with Crippen LogP contribution in [0.15, 0.2) is 42.7 Å². The third-order valence-corrected chi connectivity index (χ3v) is 3.33. The van der Waals surface area contributed by atoms with Gasteiger partial charge < -0.3 is 10.5 Å². The Morgan fingerprint density at radius 2 is 1.75 bits per heavy atom. The van der Waals surface area contributed by atoms with Crippen molar-refractivity contribution in [1.82, 2.24) is 9.97 Å². The third-order valence-electron chi connectivity index (χ3n) is 3.33. The molecule has 0 bridgehead atoms. The van der Waals surface area contributed by atoms with Crippen LogP contribution in [0.5, 0.6) is 5.75 Å². The lowest BCUT2D eigenvalue weighted by Crippen LogP contribution is -2.13. The van der Waals surface area contributed by atoms with Crippen LogP contribution in [0.3, 0.4) is 0 Å². The summed E-state index contributed by atoms with van der Waals surface area (Å²) >= 11 is 0. The minimum absolute atomic E-state index is 0.0736. The Morgan fingerprint density at radius 3 is 2.50 bits per heavy atom. The molecule has 0 radical (unpaired) electrons.